The molecular weight excluding hydrogens is 242 g/mol. The lowest BCUT2D eigenvalue weighted by molar-refractivity contribution is 0.0691. The predicted octanol–water partition coefficient (Wildman–Crippen LogP) is 1.70. The van der Waals surface area contributed by atoms with E-state index in [0.717, 1.165) is 38.3 Å². The normalized spacial score (nSPS) is 19.1. The molecule has 0 radical (unpaired) electrons. The predicted molar refractivity (Wildman–Crippen MR) is 74.7 cm³/mol. The zero-order valence-electron chi connectivity index (χ0n) is 11.5. The molecule has 2 rings (SSSR count). The van der Waals surface area contributed by atoms with Crippen LogP contribution >= 0.6 is 0 Å². The first-order valence-electron chi connectivity index (χ1n) is 6.84. The molecule has 2 heterocycles. The Morgan fingerprint density at radius 3 is 2.89 bits per heavy atom. The maximum atomic E-state index is 11.2. The summed E-state index contributed by atoms with van der Waals surface area (Å²) in [5, 5.41) is 9.19. The molecule has 1 aromatic rings. The molecule has 1 N–H and O–H groups in total. The van der Waals surface area contributed by atoms with E-state index < -0.39 is 5.97 Å². The van der Waals surface area contributed by atoms with Gasteiger partial charge in [0, 0.05) is 25.3 Å². The number of anilines is 1. The van der Waals surface area contributed by atoms with Gasteiger partial charge in [0.2, 0.25) is 0 Å². The molecule has 19 heavy (non-hydrogen) atoms. The van der Waals surface area contributed by atoms with Gasteiger partial charge in [-0.25, -0.2) is 9.78 Å². The van der Waals surface area contributed by atoms with Gasteiger partial charge >= 0.3 is 5.97 Å². The van der Waals surface area contributed by atoms with Crippen LogP contribution in [0.15, 0.2) is 18.3 Å². The van der Waals surface area contributed by atoms with Gasteiger partial charge in [-0.2, -0.15) is 0 Å². The first-order valence-corrected chi connectivity index (χ1v) is 6.84. The van der Waals surface area contributed by atoms with Crippen molar-refractivity contribution < 1.29 is 9.90 Å². The largest absolute Gasteiger partial charge is 0.476 e. The highest BCUT2D eigenvalue weighted by Crippen LogP contribution is 2.25. The fourth-order valence-corrected chi connectivity index (χ4v) is 2.82. The highest BCUT2D eigenvalue weighted by Gasteiger charge is 2.28. The lowest BCUT2D eigenvalue weighted by atomic mass is 10.2. The molecule has 1 unspecified atom stereocenters. The van der Waals surface area contributed by atoms with E-state index in [4.69, 9.17) is 0 Å². The van der Waals surface area contributed by atoms with Crippen LogP contribution in [-0.4, -0.2) is 53.2 Å². The summed E-state index contributed by atoms with van der Waals surface area (Å²) in [7, 11) is 0. The maximum absolute atomic E-state index is 11.2. The van der Waals surface area contributed by atoms with Gasteiger partial charge in [-0.1, -0.05) is 13.8 Å². The lowest BCUT2D eigenvalue weighted by Gasteiger charge is -2.26. The van der Waals surface area contributed by atoms with Crippen LogP contribution in [0.3, 0.4) is 0 Å². The molecule has 1 atom stereocenters. The molecule has 1 aliphatic heterocycles. The lowest BCUT2D eigenvalue weighted by Crippen LogP contribution is -2.37. The van der Waals surface area contributed by atoms with E-state index >= 15 is 0 Å². The SMILES string of the molecule is CCN(CC)C1CCN(c2cccnc2C(=O)O)C1. The Kier molecular flexibility index (Phi) is 4.37. The number of pyridine rings is 1. The van der Waals surface area contributed by atoms with E-state index in [9.17, 15) is 9.90 Å². The van der Waals surface area contributed by atoms with Crippen molar-refractivity contribution in [3.05, 3.63) is 24.0 Å². The standard InChI is InChI=1S/C14H21N3O2/c1-3-16(4-2)11-7-9-17(10-11)12-6-5-8-15-13(12)14(18)19/h5-6,8,11H,3-4,7,9-10H2,1-2H3,(H,18,19). The van der Waals surface area contributed by atoms with Crippen LogP contribution in [0.2, 0.25) is 0 Å². The molecule has 0 spiro atoms. The summed E-state index contributed by atoms with van der Waals surface area (Å²) in [4.78, 5) is 19.8. The third-order valence-electron chi connectivity index (χ3n) is 3.82. The summed E-state index contributed by atoms with van der Waals surface area (Å²) < 4.78 is 0. The summed E-state index contributed by atoms with van der Waals surface area (Å²) in [5.74, 6) is -0.957. The second-order valence-corrected chi connectivity index (χ2v) is 4.79. The van der Waals surface area contributed by atoms with Crippen molar-refractivity contribution in [1.82, 2.24) is 9.88 Å². The molecule has 0 aliphatic carbocycles. The molecular formula is C14H21N3O2. The molecule has 5 heteroatoms. The van der Waals surface area contributed by atoms with E-state index in [0.29, 0.717) is 6.04 Å². The molecule has 5 nitrogen and oxygen atoms in total. The second kappa shape index (κ2) is 6.02. The molecule has 1 saturated heterocycles. The maximum Gasteiger partial charge on any atom is 0.356 e. The van der Waals surface area contributed by atoms with Crippen molar-refractivity contribution in [1.29, 1.82) is 0 Å². The molecule has 1 aromatic heterocycles. The molecule has 0 bridgehead atoms. The monoisotopic (exact) mass is 263 g/mol. The van der Waals surface area contributed by atoms with Crippen molar-refractivity contribution in [3.8, 4) is 0 Å². The smallest absolute Gasteiger partial charge is 0.356 e. The number of aromatic carboxylic acids is 1. The summed E-state index contributed by atoms with van der Waals surface area (Å²) in [6, 6.07) is 4.16. The molecule has 104 valence electrons. The van der Waals surface area contributed by atoms with Crippen LogP contribution in [0.5, 0.6) is 0 Å². The van der Waals surface area contributed by atoms with Crippen molar-refractivity contribution >= 4 is 11.7 Å². The number of carboxylic acid groups (broad SMARTS) is 1. The Balaban J connectivity index is 2.15. The number of aromatic nitrogens is 1. The number of carbonyl (C=O) groups is 1. The van der Waals surface area contributed by atoms with Gasteiger partial charge in [0.15, 0.2) is 5.69 Å². The Bertz CT molecular complexity index is 446. The first-order chi connectivity index (χ1) is 9.17. The van der Waals surface area contributed by atoms with Crippen LogP contribution in [0.25, 0.3) is 0 Å². The average molecular weight is 263 g/mol. The van der Waals surface area contributed by atoms with Gasteiger partial charge in [-0.05, 0) is 31.6 Å². The van der Waals surface area contributed by atoms with Gasteiger partial charge in [0.25, 0.3) is 0 Å². The van der Waals surface area contributed by atoms with E-state index in [1.807, 2.05) is 6.07 Å². The van der Waals surface area contributed by atoms with Crippen molar-refractivity contribution in [3.63, 3.8) is 0 Å². The fraction of sp³-hybridized carbons (Fsp3) is 0.571. The van der Waals surface area contributed by atoms with Crippen LogP contribution in [-0.2, 0) is 0 Å². The minimum atomic E-state index is -0.957. The number of rotatable bonds is 5. The van der Waals surface area contributed by atoms with Crippen molar-refractivity contribution in [2.45, 2.75) is 26.3 Å². The van der Waals surface area contributed by atoms with E-state index in [1.54, 1.807) is 6.07 Å². The number of carboxylic acids is 1. The number of nitrogens with zero attached hydrogens (tertiary/aromatic N) is 3. The van der Waals surface area contributed by atoms with Crippen LogP contribution < -0.4 is 4.90 Å². The number of hydrogen-bond acceptors (Lipinski definition) is 4. The number of likely N-dealkylation sites (N-methyl/N-ethyl adjacent to an activating group) is 1. The van der Waals surface area contributed by atoms with Gasteiger partial charge in [-0.3, -0.25) is 4.90 Å². The first kappa shape index (κ1) is 13.8. The molecule has 0 saturated carbocycles. The van der Waals surface area contributed by atoms with Gasteiger partial charge in [0.05, 0.1) is 5.69 Å². The summed E-state index contributed by atoms with van der Waals surface area (Å²) in [6.45, 7) is 8.18. The van der Waals surface area contributed by atoms with Crippen LogP contribution in [0, 0.1) is 0 Å². The third kappa shape index (κ3) is 2.87. The quantitative estimate of drug-likeness (QED) is 0.876. The van der Waals surface area contributed by atoms with E-state index in [2.05, 4.69) is 28.6 Å². The number of hydrogen-bond donors (Lipinski definition) is 1. The fourth-order valence-electron chi connectivity index (χ4n) is 2.82. The van der Waals surface area contributed by atoms with Crippen molar-refractivity contribution in [2.75, 3.05) is 31.1 Å². The Hall–Kier alpha value is -1.62. The Morgan fingerprint density at radius 1 is 1.53 bits per heavy atom. The van der Waals surface area contributed by atoms with Crippen LogP contribution in [0.4, 0.5) is 5.69 Å². The van der Waals surface area contributed by atoms with Gasteiger partial charge in [0.1, 0.15) is 0 Å². The summed E-state index contributed by atoms with van der Waals surface area (Å²) in [6.07, 6.45) is 2.61. The minimum absolute atomic E-state index is 0.155. The van der Waals surface area contributed by atoms with Crippen molar-refractivity contribution in [2.24, 2.45) is 0 Å². The second-order valence-electron chi connectivity index (χ2n) is 4.79. The van der Waals surface area contributed by atoms with E-state index in [1.165, 1.54) is 6.20 Å². The highest BCUT2D eigenvalue weighted by atomic mass is 16.4. The Labute approximate surface area is 113 Å². The minimum Gasteiger partial charge on any atom is -0.476 e. The molecule has 0 amide bonds. The zero-order valence-corrected chi connectivity index (χ0v) is 11.5. The van der Waals surface area contributed by atoms with Gasteiger partial charge < -0.3 is 10.0 Å². The molecule has 0 aromatic carbocycles. The zero-order chi connectivity index (χ0) is 13.8. The van der Waals surface area contributed by atoms with Gasteiger partial charge in [-0.15, -0.1) is 0 Å². The average Bonchev–Trinajstić information content (AvgIpc) is 2.89. The Morgan fingerprint density at radius 2 is 2.26 bits per heavy atom. The van der Waals surface area contributed by atoms with E-state index in [-0.39, 0.29) is 5.69 Å². The van der Waals surface area contributed by atoms with Crippen LogP contribution in [0.1, 0.15) is 30.8 Å². The molecule has 1 fully saturated rings. The summed E-state index contributed by atoms with van der Waals surface area (Å²) >= 11 is 0. The summed E-state index contributed by atoms with van der Waals surface area (Å²) in [5.41, 5.74) is 0.896. The highest BCUT2D eigenvalue weighted by molar-refractivity contribution is 5.92. The molecule has 1 aliphatic rings. The topological polar surface area (TPSA) is 56.7 Å². The third-order valence-corrected chi connectivity index (χ3v) is 3.82.